The van der Waals surface area contributed by atoms with Crippen LogP contribution in [-0.2, 0) is 4.79 Å². The van der Waals surface area contributed by atoms with Crippen molar-refractivity contribution >= 4 is 17.7 Å². The van der Waals surface area contributed by atoms with Crippen LogP contribution in [0.4, 0.5) is 0 Å². The predicted molar refractivity (Wildman–Crippen MR) is 66.0 cm³/mol. The Kier molecular flexibility index (Phi) is 5.47. The van der Waals surface area contributed by atoms with E-state index in [1.165, 1.54) is 12.8 Å². The molecule has 0 spiro atoms. The zero-order valence-corrected chi connectivity index (χ0v) is 10.5. The van der Waals surface area contributed by atoms with Crippen molar-refractivity contribution in [2.75, 3.05) is 6.26 Å². The lowest BCUT2D eigenvalue weighted by Gasteiger charge is -2.29. The van der Waals surface area contributed by atoms with Crippen LogP contribution >= 0.6 is 11.8 Å². The molecule has 3 nitrogen and oxygen atoms in total. The smallest absolute Gasteiger partial charge is 0.237 e. The van der Waals surface area contributed by atoms with Crippen molar-refractivity contribution in [2.24, 2.45) is 5.73 Å². The molecular weight excluding hydrogens is 208 g/mol. The van der Waals surface area contributed by atoms with E-state index >= 15 is 0 Å². The predicted octanol–water partition coefficient (Wildman–Crippen LogP) is 1.51. The Balaban J connectivity index is 2.34. The molecule has 1 fully saturated rings. The third-order valence-corrected chi connectivity index (χ3v) is 4.18. The van der Waals surface area contributed by atoms with Gasteiger partial charge >= 0.3 is 0 Å². The minimum Gasteiger partial charge on any atom is -0.352 e. The van der Waals surface area contributed by atoms with Crippen LogP contribution in [0.3, 0.4) is 0 Å². The van der Waals surface area contributed by atoms with Crippen molar-refractivity contribution in [3.63, 3.8) is 0 Å². The van der Waals surface area contributed by atoms with E-state index in [4.69, 9.17) is 5.73 Å². The first-order valence-corrected chi connectivity index (χ1v) is 7.05. The summed E-state index contributed by atoms with van der Waals surface area (Å²) in [5.74, 6) is 0.0178. The maximum atomic E-state index is 11.6. The van der Waals surface area contributed by atoms with E-state index in [9.17, 15) is 4.79 Å². The summed E-state index contributed by atoms with van der Waals surface area (Å²) in [5.41, 5.74) is 5.68. The van der Waals surface area contributed by atoms with Gasteiger partial charge in [0.2, 0.25) is 5.91 Å². The fourth-order valence-electron chi connectivity index (χ4n) is 1.98. The van der Waals surface area contributed by atoms with Crippen LogP contribution in [0.15, 0.2) is 0 Å². The summed E-state index contributed by atoms with van der Waals surface area (Å²) in [7, 11) is 0. The number of hydrogen-bond acceptors (Lipinski definition) is 3. The summed E-state index contributed by atoms with van der Waals surface area (Å²) in [4.78, 5) is 11.6. The van der Waals surface area contributed by atoms with Gasteiger partial charge in [-0.25, -0.2) is 0 Å². The van der Waals surface area contributed by atoms with Gasteiger partial charge in [0.25, 0.3) is 0 Å². The zero-order chi connectivity index (χ0) is 11.3. The molecule has 1 rings (SSSR count). The number of nitrogens with one attached hydrogen (secondary N) is 1. The highest BCUT2D eigenvalue weighted by Crippen LogP contribution is 2.26. The number of nitrogens with two attached hydrogens (primary N) is 1. The van der Waals surface area contributed by atoms with E-state index in [1.54, 1.807) is 0 Å². The summed E-state index contributed by atoms with van der Waals surface area (Å²) >= 11 is 1.91. The van der Waals surface area contributed by atoms with Crippen LogP contribution in [0.25, 0.3) is 0 Å². The first-order chi connectivity index (χ1) is 7.17. The van der Waals surface area contributed by atoms with E-state index in [0.29, 0.717) is 17.7 Å². The standard InChI is InChI=1S/C11H22N2OS/c1-3-10(12)11(14)13-8-5-4-6-9(7-8)15-2/h8-10H,3-7,12H2,1-2H3,(H,13,14)/t8-,9+,10-/m0/s1. The Hall–Kier alpha value is -0.220. The Labute approximate surface area is 96.6 Å². The highest BCUT2D eigenvalue weighted by molar-refractivity contribution is 7.99. The van der Waals surface area contributed by atoms with E-state index in [2.05, 4.69) is 11.6 Å². The summed E-state index contributed by atoms with van der Waals surface area (Å²) in [6.45, 7) is 1.94. The van der Waals surface area contributed by atoms with Gasteiger partial charge in [0, 0.05) is 11.3 Å². The molecule has 88 valence electrons. The third-order valence-electron chi connectivity index (χ3n) is 3.08. The van der Waals surface area contributed by atoms with Gasteiger partial charge in [-0.15, -0.1) is 0 Å². The van der Waals surface area contributed by atoms with Crippen LogP contribution in [0.5, 0.6) is 0 Å². The highest BCUT2D eigenvalue weighted by Gasteiger charge is 2.23. The van der Waals surface area contributed by atoms with E-state index in [0.717, 1.165) is 12.8 Å². The average Bonchev–Trinajstić information content (AvgIpc) is 2.28. The molecule has 1 saturated carbocycles. The number of thioether (sulfide) groups is 1. The fraction of sp³-hybridized carbons (Fsp3) is 0.909. The first kappa shape index (κ1) is 12.8. The Morgan fingerprint density at radius 3 is 2.93 bits per heavy atom. The highest BCUT2D eigenvalue weighted by atomic mass is 32.2. The molecule has 0 bridgehead atoms. The second kappa shape index (κ2) is 6.38. The molecule has 15 heavy (non-hydrogen) atoms. The van der Waals surface area contributed by atoms with Crippen LogP contribution in [0.1, 0.15) is 39.0 Å². The van der Waals surface area contributed by atoms with Crippen LogP contribution in [0, 0.1) is 0 Å². The molecule has 0 aliphatic heterocycles. The summed E-state index contributed by atoms with van der Waals surface area (Å²) in [6.07, 6.45) is 7.57. The molecule has 3 N–H and O–H groups in total. The van der Waals surface area contributed by atoms with Crippen molar-refractivity contribution in [3.05, 3.63) is 0 Å². The summed E-state index contributed by atoms with van der Waals surface area (Å²) in [6, 6.07) is 0.0148. The monoisotopic (exact) mass is 230 g/mol. The van der Waals surface area contributed by atoms with Gasteiger partial charge in [-0.3, -0.25) is 4.79 Å². The zero-order valence-electron chi connectivity index (χ0n) is 9.66. The normalized spacial score (nSPS) is 28.5. The summed E-state index contributed by atoms with van der Waals surface area (Å²) in [5, 5.41) is 3.77. The lowest BCUT2D eigenvalue weighted by atomic mass is 9.94. The SMILES string of the molecule is CC[C@H](N)C(=O)N[C@H]1CCC[C@@H](SC)C1. The largest absolute Gasteiger partial charge is 0.352 e. The number of hydrogen-bond donors (Lipinski definition) is 2. The number of rotatable bonds is 4. The quantitative estimate of drug-likeness (QED) is 0.770. The second-order valence-electron chi connectivity index (χ2n) is 4.24. The second-order valence-corrected chi connectivity index (χ2v) is 5.38. The maximum absolute atomic E-state index is 11.6. The number of carbonyl (C=O) groups excluding carboxylic acids is 1. The third kappa shape index (κ3) is 4.03. The van der Waals surface area contributed by atoms with Gasteiger partial charge in [0.15, 0.2) is 0 Å². The van der Waals surface area contributed by atoms with E-state index in [1.807, 2.05) is 18.7 Å². The van der Waals surface area contributed by atoms with Crippen molar-refractivity contribution in [2.45, 2.75) is 56.4 Å². The molecule has 1 amide bonds. The summed E-state index contributed by atoms with van der Waals surface area (Å²) < 4.78 is 0. The van der Waals surface area contributed by atoms with Crippen LogP contribution in [0.2, 0.25) is 0 Å². The lowest BCUT2D eigenvalue weighted by molar-refractivity contribution is -0.123. The fourth-order valence-corrected chi connectivity index (χ4v) is 2.81. The molecule has 0 saturated heterocycles. The maximum Gasteiger partial charge on any atom is 0.237 e. The molecule has 0 aromatic heterocycles. The van der Waals surface area contributed by atoms with Gasteiger partial charge in [0.1, 0.15) is 0 Å². The van der Waals surface area contributed by atoms with Gasteiger partial charge in [-0.05, 0) is 31.9 Å². The molecule has 0 aromatic rings. The molecule has 1 aliphatic carbocycles. The first-order valence-electron chi connectivity index (χ1n) is 5.76. The molecule has 0 aromatic carbocycles. The topological polar surface area (TPSA) is 55.1 Å². The van der Waals surface area contributed by atoms with Crippen molar-refractivity contribution in [1.29, 1.82) is 0 Å². The van der Waals surface area contributed by atoms with Gasteiger partial charge < -0.3 is 11.1 Å². The van der Waals surface area contributed by atoms with E-state index < -0.39 is 0 Å². The molecule has 1 aliphatic rings. The number of carbonyl (C=O) groups is 1. The van der Waals surface area contributed by atoms with Gasteiger partial charge in [-0.2, -0.15) is 11.8 Å². The minimum atomic E-state index is -0.334. The van der Waals surface area contributed by atoms with E-state index in [-0.39, 0.29) is 11.9 Å². The molecular formula is C11H22N2OS. The minimum absolute atomic E-state index is 0.0178. The molecule has 0 unspecified atom stereocenters. The Morgan fingerprint density at radius 2 is 2.33 bits per heavy atom. The lowest BCUT2D eigenvalue weighted by Crippen LogP contribution is -2.46. The molecule has 4 heteroatoms. The Bertz CT molecular complexity index is 211. The molecule has 0 heterocycles. The van der Waals surface area contributed by atoms with Gasteiger partial charge in [0.05, 0.1) is 6.04 Å². The van der Waals surface area contributed by atoms with Gasteiger partial charge in [-0.1, -0.05) is 13.3 Å². The van der Waals surface area contributed by atoms with Crippen molar-refractivity contribution in [3.8, 4) is 0 Å². The number of amides is 1. The molecule has 3 atom stereocenters. The van der Waals surface area contributed by atoms with Crippen molar-refractivity contribution < 1.29 is 4.79 Å². The Morgan fingerprint density at radius 1 is 1.60 bits per heavy atom. The van der Waals surface area contributed by atoms with Crippen molar-refractivity contribution in [1.82, 2.24) is 5.32 Å². The molecule has 0 radical (unpaired) electrons. The van der Waals surface area contributed by atoms with Crippen LogP contribution < -0.4 is 11.1 Å². The van der Waals surface area contributed by atoms with Crippen LogP contribution in [-0.4, -0.2) is 29.5 Å². The average molecular weight is 230 g/mol.